The summed E-state index contributed by atoms with van der Waals surface area (Å²) >= 11 is 0. The fourth-order valence-electron chi connectivity index (χ4n) is 3.42. The van der Waals surface area contributed by atoms with Crippen molar-refractivity contribution in [3.8, 4) is 0 Å². The van der Waals surface area contributed by atoms with E-state index in [1.165, 1.54) is 27.8 Å². The molecule has 0 fully saturated rings. The van der Waals surface area contributed by atoms with Crippen molar-refractivity contribution in [3.05, 3.63) is 33.4 Å². The van der Waals surface area contributed by atoms with Crippen LogP contribution in [-0.4, -0.2) is 24.5 Å². The molecule has 0 amide bonds. The molecular weight excluding hydrogens is 254 g/mol. The van der Waals surface area contributed by atoms with E-state index >= 15 is 0 Å². The minimum absolute atomic E-state index is 0.288. The van der Waals surface area contributed by atoms with Crippen molar-refractivity contribution < 1.29 is 0 Å². The lowest BCUT2D eigenvalue weighted by atomic mass is 9.78. The topological polar surface area (TPSA) is 3.24 Å². The third-order valence-electron chi connectivity index (χ3n) is 5.58. The van der Waals surface area contributed by atoms with E-state index in [0.717, 1.165) is 13.0 Å². The molecule has 0 aliphatic heterocycles. The second kappa shape index (κ2) is 6.52. The van der Waals surface area contributed by atoms with Crippen LogP contribution in [0.4, 0.5) is 0 Å². The number of hydrogen-bond donors (Lipinski definition) is 0. The predicted octanol–water partition coefficient (Wildman–Crippen LogP) is 5.14. The average Bonchev–Trinajstić information content (AvgIpc) is 2.41. The summed E-state index contributed by atoms with van der Waals surface area (Å²) in [6.07, 6.45) is 1.15. The summed E-state index contributed by atoms with van der Waals surface area (Å²) in [7, 11) is 2.26. The zero-order chi connectivity index (χ0) is 16.5. The Balaban J connectivity index is 3.34. The van der Waals surface area contributed by atoms with Gasteiger partial charge in [0.1, 0.15) is 0 Å². The van der Waals surface area contributed by atoms with Crippen molar-refractivity contribution in [1.82, 2.24) is 4.90 Å². The van der Waals surface area contributed by atoms with E-state index in [4.69, 9.17) is 0 Å². The molecule has 0 radical (unpaired) electrons. The smallest absolute Gasteiger partial charge is 0.0181 e. The highest BCUT2D eigenvalue weighted by molar-refractivity contribution is 5.49. The van der Waals surface area contributed by atoms with Crippen LogP contribution in [0.2, 0.25) is 0 Å². The molecular formula is C20H35N. The molecule has 0 bridgehead atoms. The fourth-order valence-corrected chi connectivity index (χ4v) is 3.42. The van der Waals surface area contributed by atoms with Crippen LogP contribution in [0.1, 0.15) is 61.1 Å². The number of benzene rings is 1. The first-order valence-electron chi connectivity index (χ1n) is 8.28. The molecule has 0 aliphatic rings. The Labute approximate surface area is 132 Å². The summed E-state index contributed by atoms with van der Waals surface area (Å²) in [5, 5.41) is 0. The van der Waals surface area contributed by atoms with Gasteiger partial charge in [0.2, 0.25) is 0 Å². The molecule has 0 saturated carbocycles. The minimum Gasteiger partial charge on any atom is -0.303 e. The molecule has 0 aromatic heterocycles. The summed E-state index contributed by atoms with van der Waals surface area (Å²) in [6.45, 7) is 21.9. The maximum Gasteiger partial charge on any atom is 0.0181 e. The van der Waals surface area contributed by atoms with Crippen molar-refractivity contribution in [2.24, 2.45) is 5.41 Å². The zero-order valence-corrected chi connectivity index (χ0v) is 15.9. The summed E-state index contributed by atoms with van der Waals surface area (Å²) in [4.78, 5) is 2.50. The normalized spacial score (nSPS) is 13.9. The van der Waals surface area contributed by atoms with Gasteiger partial charge in [0.15, 0.2) is 0 Å². The summed E-state index contributed by atoms with van der Waals surface area (Å²) in [6, 6.07) is 0.571. The lowest BCUT2D eigenvalue weighted by Crippen LogP contribution is -2.43. The summed E-state index contributed by atoms with van der Waals surface area (Å²) in [5.74, 6) is 0. The highest BCUT2D eigenvalue weighted by Gasteiger charge is 2.29. The van der Waals surface area contributed by atoms with Gasteiger partial charge in [-0.15, -0.1) is 0 Å². The molecule has 1 heteroatoms. The van der Waals surface area contributed by atoms with Crippen LogP contribution in [0.25, 0.3) is 0 Å². The van der Waals surface area contributed by atoms with Gasteiger partial charge in [0, 0.05) is 6.04 Å². The van der Waals surface area contributed by atoms with Crippen LogP contribution >= 0.6 is 0 Å². The SMILES string of the molecule is CCN(C)C(Cc1c(C)c(C)c(C)c(C)c1C)C(C)(C)C. The number of nitrogens with zero attached hydrogens (tertiary/aromatic N) is 1. The largest absolute Gasteiger partial charge is 0.303 e. The van der Waals surface area contributed by atoms with Gasteiger partial charge in [-0.05, 0) is 93.4 Å². The molecule has 1 rings (SSSR count). The Morgan fingerprint density at radius 3 is 1.52 bits per heavy atom. The Morgan fingerprint density at radius 2 is 1.19 bits per heavy atom. The van der Waals surface area contributed by atoms with Crippen LogP contribution in [0.3, 0.4) is 0 Å². The maximum atomic E-state index is 2.50. The van der Waals surface area contributed by atoms with Crippen LogP contribution < -0.4 is 0 Å². The van der Waals surface area contributed by atoms with Crippen molar-refractivity contribution in [3.63, 3.8) is 0 Å². The van der Waals surface area contributed by atoms with E-state index in [1.54, 1.807) is 5.56 Å². The molecule has 0 N–H and O–H groups in total. The van der Waals surface area contributed by atoms with Crippen LogP contribution in [0.15, 0.2) is 0 Å². The lowest BCUT2D eigenvalue weighted by Gasteiger charge is -2.39. The average molecular weight is 290 g/mol. The molecule has 21 heavy (non-hydrogen) atoms. The van der Waals surface area contributed by atoms with Gasteiger partial charge in [-0.3, -0.25) is 0 Å². The standard InChI is InChI=1S/C20H35N/c1-11-21(10)19(20(7,8)9)12-18-16(5)14(3)13(2)15(4)17(18)6/h19H,11-12H2,1-10H3. The van der Waals surface area contributed by atoms with Gasteiger partial charge >= 0.3 is 0 Å². The van der Waals surface area contributed by atoms with E-state index in [2.05, 4.69) is 74.3 Å². The number of rotatable bonds is 4. The highest BCUT2D eigenvalue weighted by Crippen LogP contribution is 2.32. The molecule has 0 heterocycles. The molecule has 1 unspecified atom stereocenters. The van der Waals surface area contributed by atoms with E-state index < -0.39 is 0 Å². The van der Waals surface area contributed by atoms with Crippen LogP contribution in [0.5, 0.6) is 0 Å². The van der Waals surface area contributed by atoms with Crippen LogP contribution in [0, 0.1) is 40.0 Å². The first kappa shape index (κ1) is 18.2. The molecule has 0 aliphatic carbocycles. The van der Waals surface area contributed by atoms with Gasteiger partial charge in [-0.2, -0.15) is 0 Å². The molecule has 0 saturated heterocycles. The van der Waals surface area contributed by atoms with Gasteiger partial charge in [-0.1, -0.05) is 27.7 Å². The minimum atomic E-state index is 0.288. The fraction of sp³-hybridized carbons (Fsp3) is 0.700. The third kappa shape index (κ3) is 3.69. The van der Waals surface area contributed by atoms with Crippen molar-refractivity contribution in [2.45, 2.75) is 74.8 Å². The second-order valence-electron chi connectivity index (χ2n) is 7.76. The lowest BCUT2D eigenvalue weighted by molar-refractivity contribution is 0.130. The van der Waals surface area contributed by atoms with E-state index in [1.807, 2.05) is 0 Å². The van der Waals surface area contributed by atoms with Gasteiger partial charge in [0.05, 0.1) is 0 Å². The quantitative estimate of drug-likeness (QED) is 0.742. The Morgan fingerprint density at radius 1 is 0.810 bits per heavy atom. The van der Waals surface area contributed by atoms with E-state index in [9.17, 15) is 0 Å². The Hall–Kier alpha value is -0.820. The summed E-state index contributed by atoms with van der Waals surface area (Å²) < 4.78 is 0. The second-order valence-corrected chi connectivity index (χ2v) is 7.76. The molecule has 1 aromatic rings. The van der Waals surface area contributed by atoms with Crippen molar-refractivity contribution in [1.29, 1.82) is 0 Å². The zero-order valence-electron chi connectivity index (χ0n) is 15.9. The number of likely N-dealkylation sites (N-methyl/N-ethyl adjacent to an activating group) is 1. The van der Waals surface area contributed by atoms with Crippen molar-refractivity contribution in [2.75, 3.05) is 13.6 Å². The van der Waals surface area contributed by atoms with E-state index in [0.29, 0.717) is 6.04 Å². The van der Waals surface area contributed by atoms with Gasteiger partial charge in [-0.25, -0.2) is 0 Å². The maximum absolute atomic E-state index is 2.50. The number of hydrogen-bond acceptors (Lipinski definition) is 1. The molecule has 120 valence electrons. The van der Waals surface area contributed by atoms with Crippen LogP contribution in [-0.2, 0) is 6.42 Å². The molecule has 1 atom stereocenters. The first-order chi connectivity index (χ1) is 9.52. The monoisotopic (exact) mass is 289 g/mol. The van der Waals surface area contributed by atoms with Crippen molar-refractivity contribution >= 4 is 0 Å². The summed E-state index contributed by atoms with van der Waals surface area (Å²) in [5.41, 5.74) is 9.25. The Kier molecular flexibility index (Phi) is 5.66. The molecule has 1 nitrogen and oxygen atoms in total. The first-order valence-corrected chi connectivity index (χ1v) is 8.28. The van der Waals surface area contributed by atoms with Gasteiger partial charge in [0.25, 0.3) is 0 Å². The highest BCUT2D eigenvalue weighted by atomic mass is 15.1. The third-order valence-corrected chi connectivity index (χ3v) is 5.58. The predicted molar refractivity (Wildman–Crippen MR) is 95.4 cm³/mol. The Bertz CT molecular complexity index is 477. The van der Waals surface area contributed by atoms with E-state index in [-0.39, 0.29) is 5.41 Å². The molecule has 0 spiro atoms. The molecule has 1 aromatic carbocycles. The van der Waals surface area contributed by atoms with Gasteiger partial charge < -0.3 is 4.90 Å².